The Balaban J connectivity index is 1.77. The van der Waals surface area contributed by atoms with Crippen molar-refractivity contribution in [3.8, 4) is 11.5 Å². The lowest BCUT2D eigenvalue weighted by Gasteiger charge is -2.11. The maximum atomic E-state index is 6.10. The summed E-state index contributed by atoms with van der Waals surface area (Å²) in [5, 5.41) is 0. The Labute approximate surface area is 134 Å². The maximum absolute atomic E-state index is 6.10. The van der Waals surface area contributed by atoms with Gasteiger partial charge in [0, 0.05) is 20.9 Å². The second kappa shape index (κ2) is 5.74. The first kappa shape index (κ1) is 13.2. The van der Waals surface area contributed by atoms with Crippen molar-refractivity contribution >= 4 is 23.9 Å². The third-order valence-electron chi connectivity index (χ3n) is 3.57. The summed E-state index contributed by atoms with van der Waals surface area (Å²) in [6.45, 7) is 0. The third-order valence-corrected chi connectivity index (χ3v) is 4.65. The van der Waals surface area contributed by atoms with E-state index < -0.39 is 0 Å². The first-order valence-electron chi connectivity index (χ1n) is 7.21. The molecule has 0 bridgehead atoms. The largest absolute Gasteiger partial charge is 0.456 e. The average Bonchev–Trinajstić information content (AvgIpc) is 2.75. The van der Waals surface area contributed by atoms with Crippen LogP contribution in [0.5, 0.6) is 11.5 Å². The molecule has 1 aliphatic heterocycles. The summed E-state index contributed by atoms with van der Waals surface area (Å²) in [4.78, 5) is 2.43. The second-order valence-electron chi connectivity index (χ2n) is 5.06. The molecule has 2 heteroatoms. The molecule has 0 aliphatic carbocycles. The number of fused-ring (bicyclic) bond motifs is 2. The molecule has 106 valence electrons. The summed E-state index contributed by atoms with van der Waals surface area (Å²) < 4.78 is 6.10. The van der Waals surface area contributed by atoms with E-state index >= 15 is 0 Å². The minimum absolute atomic E-state index is 0.902. The standard InChI is InChI=1S/C20H14OS/c1-2-8-16(9-3-1)22-20-12-6-11-19-17(20)14-13-15-7-4-5-10-18(15)21-19/h1-14H. The Bertz CT molecular complexity index is 837. The van der Waals surface area contributed by atoms with Gasteiger partial charge in [-0.25, -0.2) is 0 Å². The van der Waals surface area contributed by atoms with Crippen LogP contribution in [0.15, 0.2) is 82.6 Å². The smallest absolute Gasteiger partial charge is 0.135 e. The first-order chi connectivity index (χ1) is 10.9. The highest BCUT2D eigenvalue weighted by Gasteiger charge is 2.13. The van der Waals surface area contributed by atoms with E-state index in [2.05, 4.69) is 48.6 Å². The average molecular weight is 302 g/mol. The molecule has 0 aromatic heterocycles. The normalized spacial score (nSPS) is 12.0. The quantitative estimate of drug-likeness (QED) is 0.441. The van der Waals surface area contributed by atoms with Crippen molar-refractivity contribution in [2.45, 2.75) is 9.79 Å². The van der Waals surface area contributed by atoms with Gasteiger partial charge in [-0.2, -0.15) is 0 Å². The second-order valence-corrected chi connectivity index (χ2v) is 6.17. The lowest BCUT2D eigenvalue weighted by Crippen LogP contribution is -1.88. The summed E-state index contributed by atoms with van der Waals surface area (Å²) in [6.07, 6.45) is 4.27. The van der Waals surface area contributed by atoms with Gasteiger partial charge >= 0.3 is 0 Å². The minimum atomic E-state index is 0.902. The van der Waals surface area contributed by atoms with E-state index in [1.165, 1.54) is 9.79 Å². The van der Waals surface area contributed by atoms with E-state index in [4.69, 9.17) is 4.74 Å². The van der Waals surface area contributed by atoms with Crippen LogP contribution in [-0.4, -0.2) is 0 Å². The van der Waals surface area contributed by atoms with Crippen molar-refractivity contribution in [3.05, 3.63) is 83.9 Å². The molecular formula is C20H14OS. The van der Waals surface area contributed by atoms with Gasteiger partial charge in [0.2, 0.25) is 0 Å². The zero-order chi connectivity index (χ0) is 14.8. The van der Waals surface area contributed by atoms with Crippen LogP contribution in [0.3, 0.4) is 0 Å². The lowest BCUT2D eigenvalue weighted by atomic mass is 10.1. The molecule has 0 unspecified atom stereocenters. The lowest BCUT2D eigenvalue weighted by molar-refractivity contribution is 0.480. The fourth-order valence-corrected chi connectivity index (χ4v) is 3.46. The molecule has 1 aliphatic rings. The number of benzene rings is 3. The molecule has 1 nitrogen and oxygen atoms in total. The first-order valence-corrected chi connectivity index (χ1v) is 8.03. The SMILES string of the molecule is C1=Cc2c(cccc2Sc2ccccc2)Oc2ccccc21. The van der Waals surface area contributed by atoms with Crippen molar-refractivity contribution in [1.82, 2.24) is 0 Å². The van der Waals surface area contributed by atoms with Gasteiger partial charge in [-0.15, -0.1) is 0 Å². The highest BCUT2D eigenvalue weighted by Crippen LogP contribution is 2.40. The van der Waals surface area contributed by atoms with E-state index in [0.717, 1.165) is 22.6 Å². The number of para-hydroxylation sites is 1. The summed E-state index contributed by atoms with van der Waals surface area (Å²) in [5.74, 6) is 1.81. The van der Waals surface area contributed by atoms with Gasteiger partial charge in [0.15, 0.2) is 0 Å². The van der Waals surface area contributed by atoms with Gasteiger partial charge in [0.25, 0.3) is 0 Å². The molecular weight excluding hydrogens is 288 g/mol. The van der Waals surface area contributed by atoms with E-state index in [1.807, 2.05) is 36.4 Å². The Hall–Kier alpha value is -2.45. The fraction of sp³-hybridized carbons (Fsp3) is 0. The Morgan fingerprint density at radius 1 is 0.636 bits per heavy atom. The van der Waals surface area contributed by atoms with E-state index in [1.54, 1.807) is 11.8 Å². The molecule has 22 heavy (non-hydrogen) atoms. The molecule has 0 radical (unpaired) electrons. The molecule has 0 spiro atoms. The summed E-state index contributed by atoms with van der Waals surface area (Å²) >= 11 is 1.76. The van der Waals surface area contributed by atoms with Crippen molar-refractivity contribution in [2.24, 2.45) is 0 Å². The summed E-state index contributed by atoms with van der Waals surface area (Å²) in [6, 6.07) is 24.7. The zero-order valence-corrected chi connectivity index (χ0v) is 12.7. The van der Waals surface area contributed by atoms with Crippen LogP contribution >= 0.6 is 11.8 Å². The van der Waals surface area contributed by atoms with Crippen LogP contribution in [0.2, 0.25) is 0 Å². The van der Waals surface area contributed by atoms with Crippen molar-refractivity contribution in [3.63, 3.8) is 0 Å². The van der Waals surface area contributed by atoms with Crippen LogP contribution in [-0.2, 0) is 0 Å². The van der Waals surface area contributed by atoms with Crippen molar-refractivity contribution < 1.29 is 4.74 Å². The van der Waals surface area contributed by atoms with Gasteiger partial charge in [0.1, 0.15) is 11.5 Å². The van der Waals surface area contributed by atoms with Gasteiger partial charge in [0.05, 0.1) is 0 Å². The highest BCUT2D eigenvalue weighted by atomic mass is 32.2. The molecule has 0 atom stereocenters. The molecule has 4 rings (SSSR count). The topological polar surface area (TPSA) is 9.23 Å². The molecule has 0 amide bonds. The van der Waals surface area contributed by atoms with Crippen LogP contribution < -0.4 is 4.74 Å². The Morgan fingerprint density at radius 2 is 1.41 bits per heavy atom. The van der Waals surface area contributed by atoms with Crippen LogP contribution in [0.25, 0.3) is 12.2 Å². The van der Waals surface area contributed by atoms with Gasteiger partial charge in [-0.3, -0.25) is 0 Å². The molecule has 0 saturated heterocycles. The fourth-order valence-electron chi connectivity index (χ4n) is 2.48. The molecule has 3 aromatic rings. The van der Waals surface area contributed by atoms with Gasteiger partial charge in [-0.05, 0) is 36.4 Å². The number of ether oxygens (including phenoxy) is 1. The van der Waals surface area contributed by atoms with E-state index in [-0.39, 0.29) is 0 Å². The molecule has 1 heterocycles. The van der Waals surface area contributed by atoms with Crippen molar-refractivity contribution in [1.29, 1.82) is 0 Å². The number of rotatable bonds is 2. The Morgan fingerprint density at radius 3 is 2.32 bits per heavy atom. The summed E-state index contributed by atoms with van der Waals surface area (Å²) in [5.41, 5.74) is 2.24. The third kappa shape index (κ3) is 2.53. The predicted molar refractivity (Wildman–Crippen MR) is 92.5 cm³/mol. The van der Waals surface area contributed by atoms with Gasteiger partial charge < -0.3 is 4.74 Å². The van der Waals surface area contributed by atoms with Gasteiger partial charge in [-0.1, -0.05) is 60.3 Å². The maximum Gasteiger partial charge on any atom is 0.135 e. The van der Waals surface area contributed by atoms with Crippen molar-refractivity contribution in [2.75, 3.05) is 0 Å². The molecule has 0 saturated carbocycles. The monoisotopic (exact) mass is 302 g/mol. The van der Waals surface area contributed by atoms with E-state index in [9.17, 15) is 0 Å². The number of hydrogen-bond acceptors (Lipinski definition) is 2. The molecule has 0 fully saturated rings. The van der Waals surface area contributed by atoms with Crippen LogP contribution in [0.4, 0.5) is 0 Å². The summed E-state index contributed by atoms with van der Waals surface area (Å²) in [7, 11) is 0. The molecule has 0 N–H and O–H groups in total. The van der Waals surface area contributed by atoms with Crippen LogP contribution in [0, 0.1) is 0 Å². The molecule has 3 aromatic carbocycles. The minimum Gasteiger partial charge on any atom is -0.456 e. The Kier molecular flexibility index (Phi) is 3.45. The highest BCUT2D eigenvalue weighted by molar-refractivity contribution is 7.99. The predicted octanol–water partition coefficient (Wildman–Crippen LogP) is 6.11. The zero-order valence-electron chi connectivity index (χ0n) is 11.9. The number of hydrogen-bond donors (Lipinski definition) is 0. The van der Waals surface area contributed by atoms with E-state index in [0.29, 0.717) is 0 Å². The van der Waals surface area contributed by atoms with Crippen LogP contribution in [0.1, 0.15) is 11.1 Å².